The summed E-state index contributed by atoms with van der Waals surface area (Å²) in [6.45, 7) is 3.28. The van der Waals surface area contributed by atoms with E-state index in [-0.39, 0.29) is 29.7 Å². The summed E-state index contributed by atoms with van der Waals surface area (Å²) in [6.07, 6.45) is 2.49. The first-order valence-corrected chi connectivity index (χ1v) is 5.29. The summed E-state index contributed by atoms with van der Waals surface area (Å²) in [5.41, 5.74) is 0.946. The van der Waals surface area contributed by atoms with Gasteiger partial charge < -0.3 is 5.32 Å². The summed E-state index contributed by atoms with van der Waals surface area (Å²) in [6, 6.07) is -0.345. The van der Waals surface area contributed by atoms with Crippen molar-refractivity contribution in [3.63, 3.8) is 0 Å². The molecule has 0 spiro atoms. The van der Waals surface area contributed by atoms with E-state index < -0.39 is 5.92 Å². The van der Waals surface area contributed by atoms with Gasteiger partial charge >= 0.3 is 0 Å². The van der Waals surface area contributed by atoms with E-state index in [0.717, 1.165) is 5.57 Å². The number of amides is 3. The Hall–Kier alpha value is -1.65. The van der Waals surface area contributed by atoms with Crippen LogP contribution in [0.3, 0.4) is 0 Å². The molecule has 0 saturated carbocycles. The smallest absolute Gasteiger partial charge is 0.232 e. The third-order valence-corrected chi connectivity index (χ3v) is 3.22. The second kappa shape index (κ2) is 3.73. The topological polar surface area (TPSA) is 75.3 Å². The van der Waals surface area contributed by atoms with Crippen LogP contribution < -0.4 is 10.6 Å². The van der Waals surface area contributed by atoms with Crippen LogP contribution in [0.25, 0.3) is 0 Å². The quantitative estimate of drug-likeness (QED) is 0.473. The van der Waals surface area contributed by atoms with Gasteiger partial charge in [-0.2, -0.15) is 0 Å². The predicted molar refractivity (Wildman–Crippen MR) is 56.1 cm³/mol. The molecule has 3 amide bonds. The molecule has 0 radical (unpaired) electrons. The van der Waals surface area contributed by atoms with E-state index in [1.54, 1.807) is 0 Å². The number of hydrogen-bond acceptors (Lipinski definition) is 3. The molecule has 0 aromatic rings. The first-order chi connectivity index (χ1) is 7.50. The lowest BCUT2D eigenvalue weighted by molar-refractivity contribution is -0.126. The zero-order valence-corrected chi connectivity index (χ0v) is 9.24. The maximum atomic E-state index is 11.6. The number of fused-ring (bicyclic) bond motifs is 1. The molecule has 5 heteroatoms. The lowest BCUT2D eigenvalue weighted by Crippen LogP contribution is -2.46. The third kappa shape index (κ3) is 1.62. The Bertz CT molecular complexity index is 400. The van der Waals surface area contributed by atoms with Crippen LogP contribution in [0.4, 0.5) is 0 Å². The Balaban J connectivity index is 2.30. The summed E-state index contributed by atoms with van der Waals surface area (Å²) < 4.78 is 0. The first kappa shape index (κ1) is 10.9. The molecule has 2 N–H and O–H groups in total. The van der Waals surface area contributed by atoms with Gasteiger partial charge in [-0.15, -0.1) is 0 Å². The molecule has 1 saturated heterocycles. The van der Waals surface area contributed by atoms with Crippen molar-refractivity contribution in [1.82, 2.24) is 10.6 Å². The molecule has 0 bridgehead atoms. The molecule has 16 heavy (non-hydrogen) atoms. The maximum absolute atomic E-state index is 11.6. The van der Waals surface area contributed by atoms with Crippen LogP contribution in [-0.2, 0) is 14.4 Å². The van der Waals surface area contributed by atoms with Crippen LogP contribution in [0.2, 0.25) is 0 Å². The molecule has 3 atom stereocenters. The summed E-state index contributed by atoms with van der Waals surface area (Å²) >= 11 is 0. The normalized spacial score (nSPS) is 32.9. The highest BCUT2D eigenvalue weighted by molar-refractivity contribution is 6.06. The molecule has 0 aromatic carbocycles. The van der Waals surface area contributed by atoms with Crippen LogP contribution in [0, 0.1) is 11.8 Å². The highest BCUT2D eigenvalue weighted by Gasteiger charge is 2.48. The van der Waals surface area contributed by atoms with Gasteiger partial charge in [0.1, 0.15) is 0 Å². The van der Waals surface area contributed by atoms with Crippen molar-refractivity contribution >= 4 is 17.7 Å². The molecule has 1 fully saturated rings. The molecule has 1 aliphatic heterocycles. The molecule has 0 aromatic heterocycles. The molecule has 3 unspecified atom stereocenters. The summed E-state index contributed by atoms with van der Waals surface area (Å²) in [4.78, 5) is 34.2. The molecule has 5 nitrogen and oxygen atoms in total. The van der Waals surface area contributed by atoms with Gasteiger partial charge in [0.15, 0.2) is 0 Å². The standard InChI is InChI=1S/C11H14N2O3/c1-5-3-4-7-8(9(5)12-6(2)14)11(16)13-10(7)15/h3,7-9H,4H2,1-2H3,(H,12,14)(H,13,15,16). The van der Waals surface area contributed by atoms with Gasteiger partial charge in [-0.05, 0) is 13.3 Å². The number of carbonyl (C=O) groups is 3. The average Bonchev–Trinajstić information content (AvgIpc) is 2.46. The van der Waals surface area contributed by atoms with E-state index in [1.165, 1.54) is 6.92 Å². The molecular formula is C11H14N2O3. The average molecular weight is 222 g/mol. The van der Waals surface area contributed by atoms with Crippen molar-refractivity contribution in [3.8, 4) is 0 Å². The molecule has 2 aliphatic rings. The van der Waals surface area contributed by atoms with Gasteiger partial charge in [-0.3, -0.25) is 19.7 Å². The largest absolute Gasteiger partial charge is 0.349 e. The molecule has 1 aliphatic carbocycles. The van der Waals surface area contributed by atoms with Crippen molar-refractivity contribution in [1.29, 1.82) is 0 Å². The lowest BCUT2D eigenvalue weighted by atomic mass is 9.78. The van der Waals surface area contributed by atoms with E-state index in [1.807, 2.05) is 13.0 Å². The number of rotatable bonds is 1. The molecule has 86 valence electrons. The third-order valence-electron chi connectivity index (χ3n) is 3.22. The van der Waals surface area contributed by atoms with E-state index in [9.17, 15) is 14.4 Å². The van der Waals surface area contributed by atoms with Crippen LogP contribution >= 0.6 is 0 Å². The van der Waals surface area contributed by atoms with Crippen molar-refractivity contribution in [3.05, 3.63) is 11.6 Å². The highest BCUT2D eigenvalue weighted by Crippen LogP contribution is 2.33. The van der Waals surface area contributed by atoms with Crippen molar-refractivity contribution in [2.45, 2.75) is 26.3 Å². The number of hydrogen-bond donors (Lipinski definition) is 2. The SMILES string of the molecule is CC(=O)NC1C(C)=CCC2C(=O)NC(=O)C21. The van der Waals surface area contributed by atoms with Gasteiger partial charge in [0, 0.05) is 6.92 Å². The van der Waals surface area contributed by atoms with Gasteiger partial charge in [-0.25, -0.2) is 0 Å². The summed E-state index contributed by atoms with van der Waals surface area (Å²) in [5, 5.41) is 5.05. The van der Waals surface area contributed by atoms with E-state index in [2.05, 4.69) is 10.6 Å². The van der Waals surface area contributed by atoms with Gasteiger partial charge in [0.25, 0.3) is 0 Å². The fourth-order valence-corrected chi connectivity index (χ4v) is 2.43. The molecular weight excluding hydrogens is 208 g/mol. The molecule has 1 heterocycles. The number of allylic oxidation sites excluding steroid dienone is 1. The monoisotopic (exact) mass is 222 g/mol. The second-order valence-corrected chi connectivity index (χ2v) is 4.35. The number of carbonyl (C=O) groups excluding carboxylic acids is 3. The summed E-state index contributed by atoms with van der Waals surface area (Å²) in [5.74, 6) is -1.46. The van der Waals surface area contributed by atoms with Gasteiger partial charge in [0.2, 0.25) is 17.7 Å². The minimum Gasteiger partial charge on any atom is -0.349 e. The Morgan fingerprint density at radius 1 is 1.44 bits per heavy atom. The summed E-state index contributed by atoms with van der Waals surface area (Å²) in [7, 11) is 0. The second-order valence-electron chi connectivity index (χ2n) is 4.35. The zero-order valence-electron chi connectivity index (χ0n) is 9.24. The van der Waals surface area contributed by atoms with Crippen LogP contribution in [0.5, 0.6) is 0 Å². The predicted octanol–water partition coefficient (Wildman–Crippen LogP) is -0.270. The van der Waals surface area contributed by atoms with Crippen molar-refractivity contribution < 1.29 is 14.4 Å². The Kier molecular flexibility index (Phi) is 2.53. The van der Waals surface area contributed by atoms with Crippen molar-refractivity contribution in [2.75, 3.05) is 0 Å². The highest BCUT2D eigenvalue weighted by atomic mass is 16.2. The Morgan fingerprint density at radius 3 is 2.75 bits per heavy atom. The minimum atomic E-state index is -0.443. The number of imide groups is 1. The molecule has 2 rings (SSSR count). The van der Waals surface area contributed by atoms with Crippen LogP contribution in [-0.4, -0.2) is 23.8 Å². The van der Waals surface area contributed by atoms with Crippen LogP contribution in [0.15, 0.2) is 11.6 Å². The first-order valence-electron chi connectivity index (χ1n) is 5.29. The van der Waals surface area contributed by atoms with E-state index in [0.29, 0.717) is 6.42 Å². The maximum Gasteiger partial charge on any atom is 0.232 e. The van der Waals surface area contributed by atoms with Crippen molar-refractivity contribution in [2.24, 2.45) is 11.8 Å². The van der Waals surface area contributed by atoms with Gasteiger partial charge in [0.05, 0.1) is 17.9 Å². The van der Waals surface area contributed by atoms with Gasteiger partial charge in [-0.1, -0.05) is 11.6 Å². The fraction of sp³-hybridized carbons (Fsp3) is 0.545. The zero-order chi connectivity index (χ0) is 11.9. The number of nitrogens with one attached hydrogen (secondary N) is 2. The van der Waals surface area contributed by atoms with Crippen LogP contribution in [0.1, 0.15) is 20.3 Å². The van der Waals surface area contributed by atoms with E-state index >= 15 is 0 Å². The lowest BCUT2D eigenvalue weighted by Gasteiger charge is -2.30. The fourth-order valence-electron chi connectivity index (χ4n) is 2.43. The Labute approximate surface area is 93.3 Å². The van der Waals surface area contributed by atoms with E-state index in [4.69, 9.17) is 0 Å². The minimum absolute atomic E-state index is 0.189. The Morgan fingerprint density at radius 2 is 2.12 bits per heavy atom.